The van der Waals surface area contributed by atoms with Gasteiger partial charge in [0.15, 0.2) is 5.60 Å². The molecule has 1 aliphatic heterocycles. The number of nitrogens with zero attached hydrogens (tertiary/aromatic N) is 2. The first-order valence-corrected chi connectivity index (χ1v) is 7.73. The van der Waals surface area contributed by atoms with Crippen LogP contribution in [0.5, 0.6) is 5.75 Å². The number of hydrogen-bond donors (Lipinski definition) is 1. The number of benzene rings is 1. The average Bonchev–Trinajstić information content (AvgIpc) is 2.50. The fourth-order valence-electron chi connectivity index (χ4n) is 2.36. The van der Waals surface area contributed by atoms with Gasteiger partial charge in [0, 0.05) is 33.0 Å². The molecule has 0 saturated carbocycles. The first-order valence-electron chi connectivity index (χ1n) is 7.73. The Kier molecular flexibility index (Phi) is 5.47. The summed E-state index contributed by atoms with van der Waals surface area (Å²) in [4.78, 5) is 25.0. The van der Waals surface area contributed by atoms with Gasteiger partial charge in [-0.1, -0.05) is 11.8 Å². The number of carbonyl (C=O) groups is 2. The molecule has 1 aliphatic rings. The van der Waals surface area contributed by atoms with Crippen molar-refractivity contribution in [2.45, 2.75) is 18.9 Å². The Morgan fingerprint density at radius 2 is 2.17 bits per heavy atom. The number of aldehydes is 1. The second kappa shape index (κ2) is 7.37. The number of hydrogen-bond acceptors (Lipinski definition) is 5. The molecule has 2 rings (SSSR count). The highest BCUT2D eigenvalue weighted by atomic mass is 16.5. The first kappa shape index (κ1) is 17.8. The lowest BCUT2D eigenvalue weighted by atomic mass is 9.94. The summed E-state index contributed by atoms with van der Waals surface area (Å²) in [5, 5.41) is 10.2. The van der Waals surface area contributed by atoms with Crippen molar-refractivity contribution < 1.29 is 19.4 Å². The van der Waals surface area contributed by atoms with E-state index >= 15 is 0 Å². The molecule has 1 N–H and O–H groups in total. The summed E-state index contributed by atoms with van der Waals surface area (Å²) in [6, 6.07) is 5.48. The third kappa shape index (κ3) is 4.27. The molecule has 1 amide bonds. The van der Waals surface area contributed by atoms with Crippen LogP contribution < -0.4 is 9.64 Å². The molecular formula is C18H22N2O4. The molecule has 24 heavy (non-hydrogen) atoms. The van der Waals surface area contributed by atoms with Gasteiger partial charge in [-0.25, -0.2) is 0 Å². The summed E-state index contributed by atoms with van der Waals surface area (Å²) >= 11 is 0. The van der Waals surface area contributed by atoms with Crippen LogP contribution in [0.15, 0.2) is 18.2 Å². The van der Waals surface area contributed by atoms with E-state index in [2.05, 4.69) is 11.8 Å². The first-order chi connectivity index (χ1) is 11.3. The van der Waals surface area contributed by atoms with Crippen LogP contribution in [0, 0.1) is 11.8 Å². The van der Waals surface area contributed by atoms with Crippen molar-refractivity contribution in [3.05, 3.63) is 23.8 Å². The van der Waals surface area contributed by atoms with Crippen LogP contribution in [0.4, 0.5) is 5.69 Å². The standard InChI is InChI=1S/C18H22N2O4/c1-14(22)20-12-18(23,13-20)8-7-15-5-6-17(24-10-4-9-21)16(11-15)19(2)3/h5-6,9,11,23H,4,10,12-13H2,1-3H3. The summed E-state index contributed by atoms with van der Waals surface area (Å²) in [5.74, 6) is 6.42. The van der Waals surface area contributed by atoms with E-state index in [-0.39, 0.29) is 19.0 Å². The van der Waals surface area contributed by atoms with Crippen LogP contribution in [0.25, 0.3) is 0 Å². The van der Waals surface area contributed by atoms with Gasteiger partial charge in [-0.2, -0.15) is 0 Å². The van der Waals surface area contributed by atoms with Crippen molar-refractivity contribution >= 4 is 17.9 Å². The van der Waals surface area contributed by atoms with E-state index in [0.29, 0.717) is 18.8 Å². The summed E-state index contributed by atoms with van der Waals surface area (Å²) in [7, 11) is 3.78. The molecule has 6 nitrogen and oxygen atoms in total. The Morgan fingerprint density at radius 3 is 2.75 bits per heavy atom. The second-order valence-electron chi connectivity index (χ2n) is 6.04. The lowest BCUT2D eigenvalue weighted by Gasteiger charge is -2.42. The zero-order valence-corrected chi connectivity index (χ0v) is 14.2. The van der Waals surface area contributed by atoms with Crippen molar-refractivity contribution in [1.29, 1.82) is 0 Å². The van der Waals surface area contributed by atoms with Crippen LogP contribution in [-0.4, -0.2) is 61.6 Å². The van der Waals surface area contributed by atoms with Gasteiger partial charge in [-0.05, 0) is 18.2 Å². The van der Waals surface area contributed by atoms with Crippen LogP contribution >= 0.6 is 0 Å². The van der Waals surface area contributed by atoms with Crippen LogP contribution in [0.1, 0.15) is 18.9 Å². The molecule has 1 aromatic carbocycles. The number of likely N-dealkylation sites (tertiary alicyclic amines) is 1. The SMILES string of the molecule is CC(=O)N1CC(O)(C#Cc2ccc(OCCC=O)c(N(C)C)c2)C1. The van der Waals surface area contributed by atoms with E-state index in [1.165, 1.54) is 6.92 Å². The van der Waals surface area contributed by atoms with Gasteiger partial charge in [0.25, 0.3) is 0 Å². The van der Waals surface area contributed by atoms with E-state index < -0.39 is 5.60 Å². The molecule has 0 spiro atoms. The maximum Gasteiger partial charge on any atom is 0.219 e. The smallest absolute Gasteiger partial charge is 0.219 e. The molecule has 1 fully saturated rings. The molecule has 1 aromatic rings. The lowest BCUT2D eigenvalue weighted by molar-refractivity contribution is -0.144. The number of carbonyl (C=O) groups excluding carboxylic acids is 2. The van der Waals surface area contributed by atoms with E-state index in [4.69, 9.17) is 4.74 Å². The van der Waals surface area contributed by atoms with Gasteiger partial charge < -0.3 is 24.4 Å². The summed E-state index contributed by atoms with van der Waals surface area (Å²) in [6.45, 7) is 2.28. The highest BCUT2D eigenvalue weighted by Crippen LogP contribution is 2.28. The number of rotatable bonds is 5. The minimum absolute atomic E-state index is 0.0619. The highest BCUT2D eigenvalue weighted by molar-refractivity contribution is 5.75. The Balaban J connectivity index is 2.12. The topological polar surface area (TPSA) is 70.1 Å². The zero-order valence-electron chi connectivity index (χ0n) is 14.2. The van der Waals surface area contributed by atoms with E-state index in [0.717, 1.165) is 17.5 Å². The molecule has 0 unspecified atom stereocenters. The molecule has 0 bridgehead atoms. The van der Waals surface area contributed by atoms with Crippen molar-refractivity contribution in [1.82, 2.24) is 4.90 Å². The van der Waals surface area contributed by atoms with Crippen LogP contribution in [0.3, 0.4) is 0 Å². The molecule has 0 atom stereocenters. The van der Waals surface area contributed by atoms with Crippen molar-refractivity contribution in [3.63, 3.8) is 0 Å². The summed E-state index contributed by atoms with van der Waals surface area (Å²) in [6.07, 6.45) is 1.16. The third-order valence-corrected chi connectivity index (χ3v) is 3.72. The average molecular weight is 330 g/mol. The predicted octanol–water partition coefficient (Wildman–Crippen LogP) is 0.665. The Bertz CT molecular complexity index is 682. The van der Waals surface area contributed by atoms with Crippen molar-refractivity contribution in [2.75, 3.05) is 38.7 Å². The van der Waals surface area contributed by atoms with Gasteiger partial charge in [0.1, 0.15) is 12.0 Å². The van der Waals surface area contributed by atoms with Gasteiger partial charge in [0.2, 0.25) is 5.91 Å². The maximum absolute atomic E-state index is 11.2. The largest absolute Gasteiger partial charge is 0.491 e. The second-order valence-corrected chi connectivity index (χ2v) is 6.04. The molecule has 128 valence electrons. The van der Waals surface area contributed by atoms with Gasteiger partial charge >= 0.3 is 0 Å². The third-order valence-electron chi connectivity index (χ3n) is 3.72. The summed E-state index contributed by atoms with van der Waals surface area (Å²) in [5.41, 5.74) is 0.457. The van der Waals surface area contributed by atoms with E-state index in [1.807, 2.05) is 25.1 Å². The monoisotopic (exact) mass is 330 g/mol. The maximum atomic E-state index is 11.2. The minimum atomic E-state index is -1.14. The Labute approximate surface area is 142 Å². The number of ether oxygens (including phenoxy) is 1. The normalized spacial score (nSPS) is 14.9. The highest BCUT2D eigenvalue weighted by Gasteiger charge is 2.41. The zero-order chi connectivity index (χ0) is 17.7. The number of amides is 1. The van der Waals surface area contributed by atoms with Gasteiger partial charge in [-0.15, -0.1) is 0 Å². The summed E-state index contributed by atoms with van der Waals surface area (Å²) < 4.78 is 5.60. The quantitative estimate of drug-likeness (QED) is 0.488. The minimum Gasteiger partial charge on any atom is -0.491 e. The molecule has 6 heteroatoms. The van der Waals surface area contributed by atoms with Gasteiger partial charge in [0.05, 0.1) is 25.4 Å². The van der Waals surface area contributed by atoms with E-state index in [1.54, 1.807) is 17.0 Å². The molecule has 1 heterocycles. The van der Waals surface area contributed by atoms with Crippen LogP contribution in [0.2, 0.25) is 0 Å². The molecule has 1 saturated heterocycles. The van der Waals surface area contributed by atoms with Crippen molar-refractivity contribution in [2.24, 2.45) is 0 Å². The number of aliphatic hydroxyl groups is 1. The molecule has 0 aromatic heterocycles. The molecule has 0 aliphatic carbocycles. The van der Waals surface area contributed by atoms with Crippen molar-refractivity contribution in [3.8, 4) is 17.6 Å². The van der Waals surface area contributed by atoms with E-state index in [9.17, 15) is 14.7 Å². The number of anilines is 1. The fourth-order valence-corrected chi connectivity index (χ4v) is 2.36. The Hall–Kier alpha value is -2.52. The molecular weight excluding hydrogens is 308 g/mol. The predicted molar refractivity (Wildman–Crippen MR) is 91.0 cm³/mol. The fraction of sp³-hybridized carbons (Fsp3) is 0.444. The van der Waals surface area contributed by atoms with Crippen LogP contribution in [-0.2, 0) is 9.59 Å². The number of β-amino-alcohol motifs (C(OH)–C–C–N with tert-alkyl or cyclic N) is 1. The van der Waals surface area contributed by atoms with Gasteiger partial charge in [-0.3, -0.25) is 4.79 Å². The lowest BCUT2D eigenvalue weighted by Crippen LogP contribution is -2.62. The Morgan fingerprint density at radius 1 is 1.46 bits per heavy atom. The molecule has 0 radical (unpaired) electrons.